The van der Waals surface area contributed by atoms with E-state index < -0.39 is 0 Å². The van der Waals surface area contributed by atoms with Crippen LogP contribution in [0.2, 0.25) is 0 Å². The lowest BCUT2D eigenvalue weighted by Gasteiger charge is -2.06. The van der Waals surface area contributed by atoms with E-state index in [0.29, 0.717) is 0 Å². The van der Waals surface area contributed by atoms with Crippen molar-refractivity contribution in [1.29, 1.82) is 0 Å². The second kappa shape index (κ2) is 8.93. The molecule has 0 aromatic heterocycles. The first-order chi connectivity index (χ1) is 8.63. The molecule has 94 valence electrons. The Labute approximate surface area is 119 Å². The number of benzene rings is 1. The molecule has 0 aliphatic carbocycles. The Kier molecular flexibility index (Phi) is 7.93. The smallest absolute Gasteiger partial charge is 0.412 e. The van der Waals surface area contributed by atoms with E-state index in [-0.39, 0.29) is 40.0 Å². The van der Waals surface area contributed by atoms with E-state index in [0.717, 1.165) is 0 Å². The van der Waals surface area contributed by atoms with E-state index in [1.165, 1.54) is 22.3 Å². The maximum Gasteiger partial charge on any atom is 0.412 e. The molecule has 0 unspecified atom stereocenters. The number of hydrogen-bond acceptors (Lipinski definition) is 4. The van der Waals surface area contributed by atoms with Gasteiger partial charge in [-0.15, -0.1) is 0 Å². The van der Waals surface area contributed by atoms with Crippen LogP contribution in [0.4, 0.5) is 0 Å². The van der Waals surface area contributed by atoms with Crippen molar-refractivity contribution in [1.82, 2.24) is 0 Å². The van der Waals surface area contributed by atoms with Crippen LogP contribution in [0.1, 0.15) is 22.3 Å². The highest BCUT2D eigenvalue weighted by atomic mass is 28.4. The Morgan fingerprint density at radius 3 is 1.17 bits per heavy atom. The molecule has 4 nitrogen and oxygen atoms in total. The summed E-state index contributed by atoms with van der Waals surface area (Å²) in [5.41, 5.74) is 5.64. The van der Waals surface area contributed by atoms with Crippen molar-refractivity contribution in [3.8, 4) is 0 Å². The van der Waals surface area contributed by atoms with Crippen LogP contribution in [-0.4, -0.2) is 40.0 Å². The molecule has 1 aromatic rings. The third kappa shape index (κ3) is 5.71. The molecule has 1 aliphatic rings. The standard InChI is InChI=1S/C10H14.O4Si4/c1-7-5-6-8(2)10(4)9(7)3;1-5-2-7-4-8-3-6-1/h5-6H,1-4H3;. The van der Waals surface area contributed by atoms with E-state index in [1.807, 2.05) is 0 Å². The summed E-state index contributed by atoms with van der Waals surface area (Å²) >= 11 is 0. The van der Waals surface area contributed by atoms with E-state index in [9.17, 15) is 0 Å². The average Bonchev–Trinajstić information content (AvgIpc) is 2.32. The van der Waals surface area contributed by atoms with Crippen molar-refractivity contribution < 1.29 is 16.5 Å². The summed E-state index contributed by atoms with van der Waals surface area (Å²) in [5, 5.41) is 0. The highest BCUT2D eigenvalue weighted by Gasteiger charge is 2.05. The molecule has 0 spiro atoms. The lowest BCUT2D eigenvalue weighted by atomic mass is 10.0. The first-order valence-electron chi connectivity index (χ1n) is 5.29. The Bertz CT molecular complexity index is 324. The SMILES string of the molecule is Cc1ccc(C)c(C)c1C.O1[Si]O[Si]O[Si]O[Si]1. The summed E-state index contributed by atoms with van der Waals surface area (Å²) in [5.74, 6) is 0. The average molecular weight is 311 g/mol. The Morgan fingerprint density at radius 1 is 0.611 bits per heavy atom. The van der Waals surface area contributed by atoms with Crippen molar-refractivity contribution in [3.05, 3.63) is 34.4 Å². The Hall–Kier alpha value is -0.0725. The fraction of sp³-hybridized carbons (Fsp3) is 0.400. The fourth-order valence-electron chi connectivity index (χ4n) is 1.24. The number of aryl methyl sites for hydroxylation is 2. The molecule has 0 bridgehead atoms. The van der Waals surface area contributed by atoms with Gasteiger partial charge in [-0.25, -0.2) is 0 Å². The van der Waals surface area contributed by atoms with Crippen LogP contribution in [0.25, 0.3) is 0 Å². The fourth-order valence-corrected chi connectivity index (χ4v) is 3.95. The normalized spacial score (nSPS) is 16.2. The Balaban J connectivity index is 0.000000184. The van der Waals surface area contributed by atoms with E-state index in [1.54, 1.807) is 0 Å². The summed E-state index contributed by atoms with van der Waals surface area (Å²) in [4.78, 5) is 0. The number of rotatable bonds is 0. The predicted octanol–water partition coefficient (Wildman–Crippen LogP) is 1.12. The lowest BCUT2D eigenvalue weighted by Crippen LogP contribution is -2.23. The molecule has 0 amide bonds. The van der Waals surface area contributed by atoms with E-state index in [2.05, 4.69) is 39.8 Å². The summed E-state index contributed by atoms with van der Waals surface area (Å²) < 4.78 is 19.3. The minimum atomic E-state index is 0.0694. The third-order valence-electron chi connectivity index (χ3n) is 2.66. The van der Waals surface area contributed by atoms with Gasteiger partial charge in [0.2, 0.25) is 0 Å². The molecule has 1 heterocycles. The molecule has 0 saturated carbocycles. The molecule has 1 aromatic carbocycles. The lowest BCUT2D eigenvalue weighted by molar-refractivity contribution is 0.347. The highest BCUT2D eigenvalue weighted by Crippen LogP contribution is 2.15. The monoisotopic (exact) mass is 310 g/mol. The second-order valence-corrected chi connectivity index (χ2v) is 7.62. The molecule has 18 heavy (non-hydrogen) atoms. The zero-order valence-electron chi connectivity index (χ0n) is 10.8. The van der Waals surface area contributed by atoms with Gasteiger partial charge in [0.1, 0.15) is 0 Å². The van der Waals surface area contributed by atoms with Gasteiger partial charge in [0.05, 0.1) is 0 Å². The first-order valence-corrected chi connectivity index (χ1v) is 8.56. The maximum absolute atomic E-state index is 4.82. The van der Waals surface area contributed by atoms with Crippen LogP contribution in [0.3, 0.4) is 0 Å². The zero-order chi connectivity index (χ0) is 13.4. The van der Waals surface area contributed by atoms with Crippen LogP contribution < -0.4 is 0 Å². The molecule has 2 rings (SSSR count). The molecule has 8 radical (unpaired) electrons. The molecule has 0 atom stereocenters. The Morgan fingerprint density at radius 2 is 0.889 bits per heavy atom. The summed E-state index contributed by atoms with van der Waals surface area (Å²) in [7, 11) is 0.278. The van der Waals surface area contributed by atoms with Crippen molar-refractivity contribution in [2.75, 3.05) is 0 Å². The van der Waals surface area contributed by atoms with E-state index >= 15 is 0 Å². The van der Waals surface area contributed by atoms with Gasteiger partial charge in [0.15, 0.2) is 0 Å². The van der Waals surface area contributed by atoms with Crippen LogP contribution in [0.15, 0.2) is 12.1 Å². The topological polar surface area (TPSA) is 36.9 Å². The van der Waals surface area contributed by atoms with Crippen molar-refractivity contribution in [3.63, 3.8) is 0 Å². The highest BCUT2D eigenvalue weighted by molar-refractivity contribution is 6.50. The number of hydrogen-bond donors (Lipinski definition) is 0. The molecular formula is C10H14O4Si4. The van der Waals surface area contributed by atoms with Crippen molar-refractivity contribution in [2.24, 2.45) is 0 Å². The van der Waals surface area contributed by atoms with Crippen molar-refractivity contribution in [2.45, 2.75) is 27.7 Å². The largest absolute Gasteiger partial charge is 0.412 e. The zero-order valence-corrected chi connectivity index (χ0v) is 14.8. The minimum absolute atomic E-state index is 0.0694. The van der Waals surface area contributed by atoms with Gasteiger partial charge in [0, 0.05) is 0 Å². The molecule has 1 saturated heterocycles. The predicted molar refractivity (Wildman–Crippen MR) is 72.7 cm³/mol. The van der Waals surface area contributed by atoms with Gasteiger partial charge in [0.25, 0.3) is 0 Å². The van der Waals surface area contributed by atoms with Crippen molar-refractivity contribution >= 4 is 40.0 Å². The molecule has 0 N–H and O–H groups in total. The van der Waals surface area contributed by atoms with Gasteiger partial charge in [-0.1, -0.05) is 12.1 Å². The quantitative estimate of drug-likeness (QED) is 0.673. The van der Waals surface area contributed by atoms with Crippen LogP contribution in [0.5, 0.6) is 0 Å². The van der Waals surface area contributed by atoms with Crippen LogP contribution in [-0.2, 0) is 16.5 Å². The molecule has 8 heteroatoms. The molecular weight excluding hydrogens is 296 g/mol. The second-order valence-electron chi connectivity index (χ2n) is 3.69. The third-order valence-corrected chi connectivity index (χ3v) is 5.33. The van der Waals surface area contributed by atoms with E-state index in [4.69, 9.17) is 16.5 Å². The molecule has 1 aliphatic heterocycles. The van der Waals surface area contributed by atoms with Gasteiger partial charge >= 0.3 is 40.0 Å². The minimum Gasteiger partial charge on any atom is -0.412 e. The molecule has 1 fully saturated rings. The van der Waals surface area contributed by atoms with Gasteiger partial charge < -0.3 is 16.5 Å². The van der Waals surface area contributed by atoms with Gasteiger partial charge in [-0.2, -0.15) is 0 Å². The summed E-state index contributed by atoms with van der Waals surface area (Å²) in [6.45, 7) is 8.67. The first kappa shape index (κ1) is 16.0. The van der Waals surface area contributed by atoms with Crippen LogP contribution >= 0.6 is 0 Å². The van der Waals surface area contributed by atoms with Gasteiger partial charge in [-0.3, -0.25) is 0 Å². The maximum atomic E-state index is 4.82. The van der Waals surface area contributed by atoms with Crippen LogP contribution in [0, 0.1) is 27.7 Å². The summed E-state index contributed by atoms with van der Waals surface area (Å²) in [6, 6.07) is 4.36. The van der Waals surface area contributed by atoms with Gasteiger partial charge in [-0.05, 0) is 49.9 Å². The summed E-state index contributed by atoms with van der Waals surface area (Å²) in [6.07, 6.45) is 0.